The minimum absolute atomic E-state index is 0.155. The van der Waals surface area contributed by atoms with E-state index in [9.17, 15) is 5.11 Å². The van der Waals surface area contributed by atoms with E-state index < -0.39 is 0 Å². The predicted molar refractivity (Wildman–Crippen MR) is 49.9 cm³/mol. The SMILES string of the molecule is OC1CN2CC1Nc1ncccc12. The molecule has 3 heterocycles. The lowest BCUT2D eigenvalue weighted by molar-refractivity contribution is 0.187. The molecule has 68 valence electrons. The summed E-state index contributed by atoms with van der Waals surface area (Å²) < 4.78 is 0. The summed E-state index contributed by atoms with van der Waals surface area (Å²) in [7, 11) is 0. The number of hydrogen-bond acceptors (Lipinski definition) is 4. The molecular formula is C9H11N3O. The summed E-state index contributed by atoms with van der Waals surface area (Å²) in [6.45, 7) is 1.61. The highest BCUT2D eigenvalue weighted by Crippen LogP contribution is 2.33. The second-order valence-corrected chi connectivity index (χ2v) is 3.59. The van der Waals surface area contributed by atoms with Crippen LogP contribution in [0.3, 0.4) is 0 Å². The number of pyridine rings is 1. The molecule has 4 nitrogen and oxygen atoms in total. The molecule has 1 fully saturated rings. The third kappa shape index (κ3) is 0.920. The highest BCUT2D eigenvalue weighted by Gasteiger charge is 2.36. The lowest BCUT2D eigenvalue weighted by atomic mass is 10.2. The van der Waals surface area contributed by atoms with Crippen LogP contribution in [0, 0.1) is 0 Å². The lowest BCUT2D eigenvalue weighted by Crippen LogP contribution is -2.35. The van der Waals surface area contributed by atoms with E-state index >= 15 is 0 Å². The molecule has 2 aliphatic heterocycles. The van der Waals surface area contributed by atoms with E-state index in [4.69, 9.17) is 0 Å². The molecule has 2 N–H and O–H groups in total. The van der Waals surface area contributed by atoms with Gasteiger partial charge in [0.1, 0.15) is 5.82 Å². The predicted octanol–water partition coefficient (Wildman–Crippen LogP) is 0.0566. The van der Waals surface area contributed by atoms with Gasteiger partial charge in [0.2, 0.25) is 0 Å². The fourth-order valence-corrected chi connectivity index (χ4v) is 2.06. The van der Waals surface area contributed by atoms with Crippen LogP contribution in [-0.2, 0) is 0 Å². The molecular weight excluding hydrogens is 166 g/mol. The van der Waals surface area contributed by atoms with Crippen LogP contribution in [-0.4, -0.2) is 35.3 Å². The molecule has 3 rings (SSSR count). The Morgan fingerprint density at radius 3 is 3.38 bits per heavy atom. The second-order valence-electron chi connectivity index (χ2n) is 3.59. The number of hydrogen-bond donors (Lipinski definition) is 2. The third-order valence-corrected chi connectivity index (χ3v) is 2.74. The van der Waals surface area contributed by atoms with Crippen LogP contribution in [0.15, 0.2) is 18.3 Å². The monoisotopic (exact) mass is 177 g/mol. The van der Waals surface area contributed by atoms with E-state index in [1.165, 1.54) is 0 Å². The van der Waals surface area contributed by atoms with Gasteiger partial charge in [-0.05, 0) is 12.1 Å². The molecule has 13 heavy (non-hydrogen) atoms. The Hall–Kier alpha value is -1.29. The Morgan fingerprint density at radius 1 is 1.54 bits per heavy atom. The van der Waals surface area contributed by atoms with Crippen LogP contribution in [0.4, 0.5) is 11.5 Å². The third-order valence-electron chi connectivity index (χ3n) is 2.74. The number of aromatic nitrogens is 1. The van der Waals surface area contributed by atoms with E-state index in [2.05, 4.69) is 15.2 Å². The fourth-order valence-electron chi connectivity index (χ4n) is 2.06. The fraction of sp³-hybridized carbons (Fsp3) is 0.444. The molecule has 0 radical (unpaired) electrons. The molecule has 1 aromatic heterocycles. The molecule has 2 aliphatic rings. The summed E-state index contributed by atoms with van der Waals surface area (Å²) in [5.41, 5.74) is 1.11. The summed E-state index contributed by atoms with van der Waals surface area (Å²) in [5.74, 6) is 0.898. The van der Waals surface area contributed by atoms with Crippen molar-refractivity contribution < 1.29 is 5.11 Å². The lowest BCUT2D eigenvalue weighted by Gasteiger charge is -2.26. The van der Waals surface area contributed by atoms with E-state index in [0.717, 1.165) is 24.6 Å². The Balaban J connectivity index is 2.08. The Bertz CT molecular complexity index is 339. The van der Waals surface area contributed by atoms with E-state index in [1.807, 2.05) is 12.1 Å². The first-order valence-electron chi connectivity index (χ1n) is 4.49. The van der Waals surface area contributed by atoms with Gasteiger partial charge in [-0.3, -0.25) is 0 Å². The van der Waals surface area contributed by atoms with Crippen molar-refractivity contribution in [2.45, 2.75) is 12.1 Å². The van der Waals surface area contributed by atoms with Gasteiger partial charge in [0.05, 0.1) is 17.8 Å². The van der Waals surface area contributed by atoms with Gasteiger partial charge in [-0.15, -0.1) is 0 Å². The van der Waals surface area contributed by atoms with Crippen molar-refractivity contribution in [3.05, 3.63) is 18.3 Å². The van der Waals surface area contributed by atoms with Gasteiger partial charge in [-0.25, -0.2) is 4.98 Å². The van der Waals surface area contributed by atoms with Gasteiger partial charge in [0.15, 0.2) is 0 Å². The van der Waals surface area contributed by atoms with Gasteiger partial charge in [-0.2, -0.15) is 0 Å². The van der Waals surface area contributed by atoms with E-state index in [0.29, 0.717) is 0 Å². The number of aliphatic hydroxyl groups excluding tert-OH is 1. The van der Waals surface area contributed by atoms with E-state index in [1.54, 1.807) is 6.20 Å². The minimum atomic E-state index is -0.269. The quantitative estimate of drug-likeness (QED) is 0.588. The van der Waals surface area contributed by atoms with Gasteiger partial charge in [-0.1, -0.05) is 0 Å². The molecule has 1 saturated heterocycles. The van der Waals surface area contributed by atoms with Crippen LogP contribution in [0.25, 0.3) is 0 Å². The van der Waals surface area contributed by atoms with Crippen LogP contribution in [0.5, 0.6) is 0 Å². The molecule has 0 aliphatic carbocycles. The molecule has 0 saturated carbocycles. The van der Waals surface area contributed by atoms with Crippen molar-refractivity contribution >= 4 is 11.5 Å². The first-order valence-corrected chi connectivity index (χ1v) is 4.49. The smallest absolute Gasteiger partial charge is 0.149 e. The zero-order valence-corrected chi connectivity index (χ0v) is 7.14. The van der Waals surface area contributed by atoms with Crippen LogP contribution in [0.2, 0.25) is 0 Å². The van der Waals surface area contributed by atoms with E-state index in [-0.39, 0.29) is 12.1 Å². The zero-order chi connectivity index (χ0) is 8.84. The molecule has 0 aromatic carbocycles. The highest BCUT2D eigenvalue weighted by atomic mass is 16.3. The maximum absolute atomic E-state index is 9.64. The Kier molecular flexibility index (Phi) is 1.29. The molecule has 2 atom stereocenters. The number of fused-ring (bicyclic) bond motifs is 4. The average Bonchev–Trinajstić information content (AvgIpc) is 2.44. The number of nitrogens with one attached hydrogen (secondary N) is 1. The van der Waals surface area contributed by atoms with Crippen molar-refractivity contribution in [3.63, 3.8) is 0 Å². The number of nitrogens with zero attached hydrogens (tertiary/aromatic N) is 2. The molecule has 2 unspecified atom stereocenters. The highest BCUT2D eigenvalue weighted by molar-refractivity contribution is 5.70. The summed E-state index contributed by atoms with van der Waals surface area (Å²) in [6, 6.07) is 4.11. The Labute approximate surface area is 76.2 Å². The maximum atomic E-state index is 9.64. The number of anilines is 2. The summed E-state index contributed by atoms with van der Waals surface area (Å²) in [6.07, 6.45) is 1.50. The topological polar surface area (TPSA) is 48.4 Å². The summed E-state index contributed by atoms with van der Waals surface area (Å²) >= 11 is 0. The van der Waals surface area contributed by atoms with Crippen LogP contribution in [0.1, 0.15) is 0 Å². The molecule has 2 bridgehead atoms. The first-order chi connectivity index (χ1) is 6.34. The van der Waals surface area contributed by atoms with Crippen molar-refractivity contribution in [1.29, 1.82) is 0 Å². The van der Waals surface area contributed by atoms with Gasteiger partial charge >= 0.3 is 0 Å². The van der Waals surface area contributed by atoms with Gasteiger partial charge < -0.3 is 15.3 Å². The number of rotatable bonds is 0. The first kappa shape index (κ1) is 7.15. The molecule has 0 spiro atoms. The maximum Gasteiger partial charge on any atom is 0.149 e. The largest absolute Gasteiger partial charge is 0.389 e. The minimum Gasteiger partial charge on any atom is -0.389 e. The molecule has 1 aromatic rings. The summed E-state index contributed by atoms with van der Waals surface area (Å²) in [5, 5.41) is 12.9. The molecule has 4 heteroatoms. The standard InChI is InChI=1S/C9H11N3O/c13-8-5-12-4-6(8)11-9-7(12)2-1-3-10-9/h1-3,6,8,13H,4-5H2,(H,10,11). The van der Waals surface area contributed by atoms with Crippen LogP contribution >= 0.6 is 0 Å². The van der Waals surface area contributed by atoms with Gasteiger partial charge in [0.25, 0.3) is 0 Å². The average molecular weight is 177 g/mol. The number of aliphatic hydroxyl groups is 1. The van der Waals surface area contributed by atoms with Crippen molar-refractivity contribution in [2.24, 2.45) is 0 Å². The second kappa shape index (κ2) is 2.35. The van der Waals surface area contributed by atoms with Crippen LogP contribution < -0.4 is 10.2 Å². The van der Waals surface area contributed by atoms with Crippen molar-refractivity contribution in [3.8, 4) is 0 Å². The van der Waals surface area contributed by atoms with Gasteiger partial charge in [0, 0.05) is 19.3 Å². The molecule has 0 amide bonds. The Morgan fingerprint density at radius 2 is 2.46 bits per heavy atom. The van der Waals surface area contributed by atoms with Crippen molar-refractivity contribution in [1.82, 2.24) is 4.98 Å². The normalized spacial score (nSPS) is 29.8. The van der Waals surface area contributed by atoms with Crippen molar-refractivity contribution in [2.75, 3.05) is 23.3 Å². The zero-order valence-electron chi connectivity index (χ0n) is 7.14. The summed E-state index contributed by atoms with van der Waals surface area (Å²) in [4.78, 5) is 6.41.